The van der Waals surface area contributed by atoms with Gasteiger partial charge in [0.15, 0.2) is 0 Å². The van der Waals surface area contributed by atoms with E-state index in [2.05, 4.69) is 11.8 Å². The molecule has 1 N–H and O–H groups in total. The molecule has 118 valence electrons. The zero-order valence-corrected chi connectivity index (χ0v) is 13.2. The maximum atomic E-state index is 12.8. The molecule has 0 radical (unpaired) electrons. The van der Waals surface area contributed by atoms with Gasteiger partial charge in [-0.3, -0.25) is 4.90 Å². The Morgan fingerprint density at radius 3 is 2.76 bits per heavy atom. The number of carbonyl (C=O) groups excluding carboxylic acids is 1. The third-order valence-electron chi connectivity index (χ3n) is 4.85. The van der Waals surface area contributed by atoms with Crippen LogP contribution in [-0.2, 0) is 4.79 Å². The van der Waals surface area contributed by atoms with Gasteiger partial charge in [0, 0.05) is 30.9 Å². The van der Waals surface area contributed by atoms with Crippen molar-refractivity contribution in [2.45, 2.75) is 44.3 Å². The van der Waals surface area contributed by atoms with Crippen LogP contribution in [0.1, 0.15) is 26.2 Å². The third-order valence-corrected chi connectivity index (χ3v) is 5.86. The summed E-state index contributed by atoms with van der Waals surface area (Å²) in [6.45, 7) is 4.86. The number of carboxylic acids is 1. The van der Waals surface area contributed by atoms with Gasteiger partial charge in [-0.1, -0.05) is 6.42 Å². The van der Waals surface area contributed by atoms with Gasteiger partial charge in [0.2, 0.25) is 0 Å². The number of aliphatic carboxylic acids is 1. The van der Waals surface area contributed by atoms with E-state index in [-0.39, 0.29) is 12.1 Å². The van der Waals surface area contributed by atoms with Crippen LogP contribution >= 0.6 is 11.8 Å². The maximum Gasteiger partial charge on any atom is 0.327 e. The minimum atomic E-state index is -0.891. The molecule has 0 bridgehead atoms. The first-order chi connectivity index (χ1) is 10.1. The zero-order chi connectivity index (χ0) is 15.0. The number of carbonyl (C=O) groups is 2. The van der Waals surface area contributed by atoms with E-state index in [1.807, 2.05) is 4.90 Å². The highest BCUT2D eigenvalue weighted by atomic mass is 32.2. The van der Waals surface area contributed by atoms with Crippen LogP contribution in [0.4, 0.5) is 4.79 Å². The molecule has 0 aromatic heterocycles. The van der Waals surface area contributed by atoms with Gasteiger partial charge in [0.1, 0.15) is 6.04 Å². The Labute approximate surface area is 129 Å². The molecule has 0 aromatic carbocycles. The van der Waals surface area contributed by atoms with Gasteiger partial charge in [-0.15, -0.1) is 11.8 Å². The third kappa shape index (κ3) is 2.85. The lowest BCUT2D eigenvalue weighted by Crippen LogP contribution is -2.62. The summed E-state index contributed by atoms with van der Waals surface area (Å²) in [5.41, 5.74) is 0. The maximum absolute atomic E-state index is 12.8. The van der Waals surface area contributed by atoms with E-state index in [1.165, 1.54) is 29.5 Å². The molecule has 2 unspecified atom stereocenters. The number of urea groups is 1. The number of hydrogen-bond donors (Lipinski definition) is 1. The van der Waals surface area contributed by atoms with E-state index in [9.17, 15) is 14.7 Å². The highest BCUT2D eigenvalue weighted by molar-refractivity contribution is 7.99. The molecule has 0 spiro atoms. The second kappa shape index (κ2) is 6.04. The molecule has 7 heteroatoms. The van der Waals surface area contributed by atoms with E-state index in [0.717, 1.165) is 26.1 Å². The van der Waals surface area contributed by atoms with Crippen LogP contribution in [-0.4, -0.2) is 81.2 Å². The van der Waals surface area contributed by atoms with Gasteiger partial charge in [-0.2, -0.15) is 0 Å². The fourth-order valence-corrected chi connectivity index (χ4v) is 4.76. The van der Waals surface area contributed by atoms with E-state index >= 15 is 0 Å². The molecule has 0 aliphatic carbocycles. The smallest absolute Gasteiger partial charge is 0.327 e. The van der Waals surface area contributed by atoms with Crippen molar-refractivity contribution in [3.8, 4) is 0 Å². The van der Waals surface area contributed by atoms with Crippen molar-refractivity contribution in [2.75, 3.05) is 31.3 Å². The van der Waals surface area contributed by atoms with Crippen LogP contribution in [0.3, 0.4) is 0 Å². The summed E-state index contributed by atoms with van der Waals surface area (Å²) >= 11 is 1.52. The first-order valence-corrected chi connectivity index (χ1v) is 8.85. The van der Waals surface area contributed by atoms with Gasteiger partial charge in [-0.25, -0.2) is 9.59 Å². The Kier molecular flexibility index (Phi) is 4.31. The van der Waals surface area contributed by atoms with Gasteiger partial charge < -0.3 is 14.9 Å². The average molecular weight is 313 g/mol. The lowest BCUT2D eigenvalue weighted by molar-refractivity contribution is -0.141. The van der Waals surface area contributed by atoms with E-state index in [0.29, 0.717) is 17.7 Å². The Bertz CT molecular complexity index is 434. The zero-order valence-electron chi connectivity index (χ0n) is 12.4. The van der Waals surface area contributed by atoms with Crippen molar-refractivity contribution in [3.63, 3.8) is 0 Å². The van der Waals surface area contributed by atoms with Crippen LogP contribution < -0.4 is 0 Å². The van der Waals surface area contributed by atoms with Gasteiger partial charge in [0.25, 0.3) is 0 Å². The molecule has 3 aliphatic heterocycles. The molecule has 3 fully saturated rings. The summed E-state index contributed by atoms with van der Waals surface area (Å²) in [5, 5.41) is 9.25. The van der Waals surface area contributed by atoms with Crippen molar-refractivity contribution in [2.24, 2.45) is 0 Å². The molecule has 3 aliphatic rings. The van der Waals surface area contributed by atoms with E-state index in [4.69, 9.17) is 0 Å². The summed E-state index contributed by atoms with van der Waals surface area (Å²) in [6, 6.07) is -0.145. The second-order valence-electron chi connectivity index (χ2n) is 6.25. The van der Waals surface area contributed by atoms with Crippen LogP contribution in [0, 0.1) is 0 Å². The number of thioether (sulfide) groups is 1. The number of rotatable bonds is 1. The number of piperidine rings is 1. The van der Waals surface area contributed by atoms with Gasteiger partial charge in [0.05, 0.1) is 5.88 Å². The highest BCUT2D eigenvalue weighted by Crippen LogP contribution is 2.28. The van der Waals surface area contributed by atoms with Crippen LogP contribution in [0.15, 0.2) is 0 Å². The quantitative estimate of drug-likeness (QED) is 0.786. The number of amides is 2. The molecular weight excluding hydrogens is 290 g/mol. The van der Waals surface area contributed by atoms with E-state index < -0.39 is 12.0 Å². The predicted molar refractivity (Wildman–Crippen MR) is 81.4 cm³/mol. The Hall–Kier alpha value is -0.950. The fraction of sp³-hybridized carbons (Fsp3) is 0.857. The SMILES string of the molecule is CC1CN2CCCCC2CN1C(=O)N1CSC[C@H]1C(=O)O. The summed E-state index contributed by atoms with van der Waals surface area (Å²) in [6.07, 6.45) is 3.63. The van der Waals surface area contributed by atoms with Crippen molar-refractivity contribution < 1.29 is 14.7 Å². The number of carboxylic acid groups (broad SMARTS) is 1. The molecule has 3 heterocycles. The van der Waals surface area contributed by atoms with Crippen molar-refractivity contribution in [1.82, 2.24) is 14.7 Å². The minimum Gasteiger partial charge on any atom is -0.480 e. The molecule has 0 aromatic rings. The molecule has 3 atom stereocenters. The minimum absolute atomic E-state index is 0.0925. The Morgan fingerprint density at radius 2 is 2.00 bits per heavy atom. The number of fused-ring (bicyclic) bond motifs is 1. The number of piperazine rings is 1. The monoisotopic (exact) mass is 313 g/mol. The molecule has 3 saturated heterocycles. The molecule has 6 nitrogen and oxygen atoms in total. The summed E-state index contributed by atoms with van der Waals surface area (Å²) in [7, 11) is 0. The lowest BCUT2D eigenvalue weighted by atomic mass is 9.97. The summed E-state index contributed by atoms with van der Waals surface area (Å²) in [5.74, 6) is 0.101. The largest absolute Gasteiger partial charge is 0.480 e. The van der Waals surface area contributed by atoms with Crippen LogP contribution in [0.5, 0.6) is 0 Å². The molecular formula is C14H23N3O3S. The van der Waals surface area contributed by atoms with Gasteiger partial charge in [-0.05, 0) is 26.3 Å². The second-order valence-corrected chi connectivity index (χ2v) is 7.25. The molecule has 0 saturated carbocycles. The Morgan fingerprint density at radius 1 is 1.19 bits per heavy atom. The number of hydrogen-bond acceptors (Lipinski definition) is 4. The normalized spacial score (nSPS) is 33.9. The van der Waals surface area contributed by atoms with Crippen molar-refractivity contribution in [1.29, 1.82) is 0 Å². The molecule has 3 rings (SSSR count). The first kappa shape index (κ1) is 15.0. The van der Waals surface area contributed by atoms with E-state index in [1.54, 1.807) is 0 Å². The Balaban J connectivity index is 1.70. The highest BCUT2D eigenvalue weighted by Gasteiger charge is 2.41. The summed E-state index contributed by atoms with van der Waals surface area (Å²) < 4.78 is 0. The topological polar surface area (TPSA) is 64.1 Å². The van der Waals surface area contributed by atoms with Gasteiger partial charge >= 0.3 is 12.0 Å². The average Bonchev–Trinajstić information content (AvgIpc) is 2.95. The molecule has 21 heavy (non-hydrogen) atoms. The van der Waals surface area contributed by atoms with Crippen LogP contribution in [0.2, 0.25) is 0 Å². The lowest BCUT2D eigenvalue weighted by Gasteiger charge is -2.48. The summed E-state index contributed by atoms with van der Waals surface area (Å²) in [4.78, 5) is 29.9. The standard InChI is InChI=1S/C14H23N3O3S/c1-10-6-15-5-3-2-4-11(15)7-16(10)14(20)17-9-21-8-12(17)13(18)19/h10-12H,2-9H2,1H3,(H,18,19)/t10?,11?,12-/m0/s1. The fourth-order valence-electron chi connectivity index (χ4n) is 3.62. The van der Waals surface area contributed by atoms with Crippen LogP contribution in [0.25, 0.3) is 0 Å². The first-order valence-electron chi connectivity index (χ1n) is 7.69. The molecule has 2 amide bonds. The number of nitrogens with zero attached hydrogens (tertiary/aromatic N) is 3. The predicted octanol–water partition coefficient (Wildman–Crippen LogP) is 1.12. The van der Waals surface area contributed by atoms with Crippen molar-refractivity contribution >= 4 is 23.8 Å². The van der Waals surface area contributed by atoms with Crippen molar-refractivity contribution in [3.05, 3.63) is 0 Å².